The van der Waals surface area contributed by atoms with Gasteiger partial charge in [0, 0.05) is 26.2 Å². The largest absolute Gasteiger partial charge is 0.450 e. The fourth-order valence-electron chi connectivity index (χ4n) is 2.14. The van der Waals surface area contributed by atoms with Crippen LogP contribution in [0.4, 0.5) is 9.93 Å². The molecule has 0 bridgehead atoms. The minimum atomic E-state index is -0.228. The maximum atomic E-state index is 11.7. The lowest BCUT2D eigenvalue weighted by Gasteiger charge is -2.33. The van der Waals surface area contributed by atoms with Crippen LogP contribution in [0.15, 0.2) is 17.5 Å². The quantitative estimate of drug-likeness (QED) is 0.868. The van der Waals surface area contributed by atoms with Crippen molar-refractivity contribution >= 4 is 33.9 Å². The van der Waals surface area contributed by atoms with E-state index in [4.69, 9.17) is 4.74 Å². The first kappa shape index (κ1) is 14.3. The van der Waals surface area contributed by atoms with Gasteiger partial charge in [-0.05, 0) is 18.4 Å². The van der Waals surface area contributed by atoms with Gasteiger partial charge in [-0.15, -0.1) is 21.5 Å². The van der Waals surface area contributed by atoms with Gasteiger partial charge in [-0.2, -0.15) is 0 Å². The van der Waals surface area contributed by atoms with E-state index in [0.717, 1.165) is 28.1 Å². The maximum Gasteiger partial charge on any atom is 0.409 e. The van der Waals surface area contributed by atoms with E-state index in [1.807, 2.05) is 24.4 Å². The normalized spacial score (nSPS) is 15.3. The van der Waals surface area contributed by atoms with Gasteiger partial charge in [0.05, 0.1) is 11.5 Å². The van der Waals surface area contributed by atoms with E-state index in [-0.39, 0.29) is 6.09 Å². The van der Waals surface area contributed by atoms with Crippen LogP contribution in [0.2, 0.25) is 0 Å². The van der Waals surface area contributed by atoms with Crippen LogP contribution in [0, 0.1) is 0 Å². The standard InChI is InChI=1S/C13H16N4O2S2/c1-2-19-13(18)17-7-5-16(6-8-17)12-15-14-11(21-12)10-4-3-9-20-10/h3-4,9H,2,5-8H2,1H3. The highest BCUT2D eigenvalue weighted by molar-refractivity contribution is 7.22. The number of carbonyl (C=O) groups excluding carboxylic acids is 1. The number of ether oxygens (including phenoxy) is 1. The Bertz CT molecular complexity index is 591. The number of anilines is 1. The molecule has 2 aromatic rings. The number of hydrogen-bond acceptors (Lipinski definition) is 7. The number of thiophene rings is 1. The number of hydrogen-bond donors (Lipinski definition) is 0. The van der Waals surface area contributed by atoms with Crippen LogP contribution >= 0.6 is 22.7 Å². The maximum absolute atomic E-state index is 11.7. The lowest BCUT2D eigenvalue weighted by molar-refractivity contribution is 0.105. The molecule has 0 aromatic carbocycles. The van der Waals surface area contributed by atoms with Gasteiger partial charge < -0.3 is 14.5 Å². The Morgan fingerprint density at radius 2 is 2.14 bits per heavy atom. The van der Waals surface area contributed by atoms with E-state index >= 15 is 0 Å². The summed E-state index contributed by atoms with van der Waals surface area (Å²) in [7, 11) is 0. The molecule has 0 N–H and O–H groups in total. The molecular weight excluding hydrogens is 308 g/mol. The predicted octanol–water partition coefficient (Wildman–Crippen LogP) is 2.55. The van der Waals surface area contributed by atoms with Crippen molar-refractivity contribution in [2.45, 2.75) is 6.92 Å². The zero-order chi connectivity index (χ0) is 14.7. The van der Waals surface area contributed by atoms with Gasteiger partial charge in [0.1, 0.15) is 0 Å². The van der Waals surface area contributed by atoms with Crippen LogP contribution in [0.3, 0.4) is 0 Å². The minimum absolute atomic E-state index is 0.228. The van der Waals surface area contributed by atoms with Crippen molar-refractivity contribution in [3.8, 4) is 9.88 Å². The Labute approximate surface area is 131 Å². The van der Waals surface area contributed by atoms with Crippen molar-refractivity contribution < 1.29 is 9.53 Å². The van der Waals surface area contributed by atoms with Crippen LogP contribution in [0.1, 0.15) is 6.92 Å². The van der Waals surface area contributed by atoms with Gasteiger partial charge >= 0.3 is 6.09 Å². The van der Waals surface area contributed by atoms with Crippen LogP contribution < -0.4 is 4.90 Å². The Morgan fingerprint density at radius 3 is 2.81 bits per heavy atom. The first-order valence-electron chi connectivity index (χ1n) is 6.82. The molecule has 1 saturated heterocycles. The first-order chi connectivity index (χ1) is 10.3. The summed E-state index contributed by atoms with van der Waals surface area (Å²) in [6.45, 7) is 5.08. The van der Waals surface area contributed by atoms with E-state index in [1.165, 1.54) is 0 Å². The van der Waals surface area contributed by atoms with Crippen molar-refractivity contribution in [3.63, 3.8) is 0 Å². The Balaban J connectivity index is 1.61. The number of amides is 1. The van der Waals surface area contributed by atoms with E-state index < -0.39 is 0 Å². The lowest BCUT2D eigenvalue weighted by atomic mass is 10.3. The molecule has 1 fully saturated rings. The Morgan fingerprint density at radius 1 is 1.33 bits per heavy atom. The average molecular weight is 324 g/mol. The molecule has 0 radical (unpaired) electrons. The van der Waals surface area contributed by atoms with Crippen LogP contribution in [0.5, 0.6) is 0 Å². The summed E-state index contributed by atoms with van der Waals surface area (Å²) in [4.78, 5) is 16.7. The molecule has 0 spiro atoms. The van der Waals surface area contributed by atoms with Gasteiger partial charge in [-0.25, -0.2) is 4.79 Å². The monoisotopic (exact) mass is 324 g/mol. The fourth-order valence-corrected chi connectivity index (χ4v) is 3.83. The number of nitrogens with zero attached hydrogens (tertiary/aromatic N) is 4. The van der Waals surface area contributed by atoms with Gasteiger partial charge in [-0.3, -0.25) is 0 Å². The molecular formula is C13H16N4O2S2. The molecule has 8 heteroatoms. The molecule has 21 heavy (non-hydrogen) atoms. The number of aromatic nitrogens is 2. The molecule has 1 aliphatic rings. The summed E-state index contributed by atoms with van der Waals surface area (Å²) in [5, 5.41) is 12.4. The second-order valence-electron chi connectivity index (χ2n) is 4.54. The smallest absolute Gasteiger partial charge is 0.409 e. The lowest BCUT2D eigenvalue weighted by Crippen LogP contribution is -2.49. The van der Waals surface area contributed by atoms with Crippen LogP contribution in [0.25, 0.3) is 9.88 Å². The van der Waals surface area contributed by atoms with Crippen molar-refractivity contribution in [1.82, 2.24) is 15.1 Å². The molecule has 0 unspecified atom stereocenters. The molecule has 3 heterocycles. The summed E-state index contributed by atoms with van der Waals surface area (Å²) < 4.78 is 5.02. The third kappa shape index (κ3) is 3.16. The molecule has 112 valence electrons. The van der Waals surface area contributed by atoms with E-state index in [0.29, 0.717) is 19.7 Å². The van der Waals surface area contributed by atoms with Crippen molar-refractivity contribution in [2.24, 2.45) is 0 Å². The van der Waals surface area contributed by atoms with Gasteiger partial charge in [-0.1, -0.05) is 17.4 Å². The highest BCUT2D eigenvalue weighted by Gasteiger charge is 2.24. The average Bonchev–Trinajstić information content (AvgIpc) is 3.19. The molecule has 2 aromatic heterocycles. The highest BCUT2D eigenvalue weighted by atomic mass is 32.1. The van der Waals surface area contributed by atoms with Gasteiger partial charge in [0.15, 0.2) is 5.01 Å². The summed E-state index contributed by atoms with van der Waals surface area (Å²) in [6.07, 6.45) is -0.228. The molecule has 6 nitrogen and oxygen atoms in total. The zero-order valence-corrected chi connectivity index (χ0v) is 13.3. The van der Waals surface area contributed by atoms with E-state index in [2.05, 4.69) is 15.1 Å². The fraction of sp³-hybridized carbons (Fsp3) is 0.462. The second-order valence-corrected chi connectivity index (χ2v) is 6.44. The van der Waals surface area contributed by atoms with E-state index in [9.17, 15) is 4.79 Å². The number of piperazine rings is 1. The van der Waals surface area contributed by atoms with Crippen LogP contribution in [-0.4, -0.2) is 54.0 Å². The number of rotatable bonds is 3. The molecule has 3 rings (SSSR count). The molecule has 0 aliphatic carbocycles. The number of carbonyl (C=O) groups is 1. The Hall–Kier alpha value is -1.67. The third-order valence-corrected chi connectivity index (χ3v) is 5.25. The highest BCUT2D eigenvalue weighted by Crippen LogP contribution is 2.31. The molecule has 0 saturated carbocycles. The SMILES string of the molecule is CCOC(=O)N1CCN(c2nnc(-c3cccs3)s2)CC1. The molecule has 0 atom stereocenters. The minimum Gasteiger partial charge on any atom is -0.450 e. The summed E-state index contributed by atoms with van der Waals surface area (Å²) in [5.41, 5.74) is 0. The van der Waals surface area contributed by atoms with Gasteiger partial charge in [0.25, 0.3) is 0 Å². The van der Waals surface area contributed by atoms with Gasteiger partial charge in [0.2, 0.25) is 5.13 Å². The molecule has 1 aliphatic heterocycles. The summed E-state index contributed by atoms with van der Waals surface area (Å²) in [5.74, 6) is 0. The first-order valence-corrected chi connectivity index (χ1v) is 8.51. The van der Waals surface area contributed by atoms with Crippen LogP contribution in [-0.2, 0) is 4.74 Å². The zero-order valence-electron chi connectivity index (χ0n) is 11.7. The second kappa shape index (κ2) is 6.40. The van der Waals surface area contributed by atoms with E-state index in [1.54, 1.807) is 27.6 Å². The Kier molecular flexibility index (Phi) is 4.35. The summed E-state index contributed by atoms with van der Waals surface area (Å²) in [6, 6.07) is 4.06. The predicted molar refractivity (Wildman–Crippen MR) is 84.0 cm³/mol. The molecule has 1 amide bonds. The van der Waals surface area contributed by atoms with Crippen molar-refractivity contribution in [3.05, 3.63) is 17.5 Å². The van der Waals surface area contributed by atoms with Crippen molar-refractivity contribution in [2.75, 3.05) is 37.7 Å². The summed E-state index contributed by atoms with van der Waals surface area (Å²) >= 11 is 3.26. The topological polar surface area (TPSA) is 58.6 Å². The van der Waals surface area contributed by atoms with Crippen molar-refractivity contribution in [1.29, 1.82) is 0 Å². The third-order valence-electron chi connectivity index (χ3n) is 3.22.